The van der Waals surface area contributed by atoms with Gasteiger partial charge >= 0.3 is 5.97 Å². The van der Waals surface area contributed by atoms with Crippen molar-refractivity contribution in [3.05, 3.63) is 53.3 Å². The highest BCUT2D eigenvalue weighted by Gasteiger charge is 2.17. The Balaban J connectivity index is 1.74. The Hall–Kier alpha value is -2.63. The third kappa shape index (κ3) is 5.22. The van der Waals surface area contributed by atoms with Crippen LogP contribution in [0.1, 0.15) is 30.3 Å². The summed E-state index contributed by atoms with van der Waals surface area (Å²) < 4.78 is 6.94. The minimum Gasteiger partial charge on any atom is -0.452 e. The molecule has 0 saturated carbocycles. The molecule has 1 amide bonds. The van der Waals surface area contributed by atoms with Gasteiger partial charge in [0.1, 0.15) is 0 Å². The number of ether oxygens (including phenoxy) is 1. The number of nitrogens with zero attached hydrogens (tertiary/aromatic N) is 2. The SMILES string of the molecule is Cc1cc(C)n(CCC(=O)OC(C)C(=O)NCc2ccccc2)n1. The predicted molar refractivity (Wildman–Crippen MR) is 90.2 cm³/mol. The highest BCUT2D eigenvalue weighted by molar-refractivity contribution is 5.83. The number of aryl methyl sites for hydroxylation is 3. The maximum absolute atomic E-state index is 12.0. The van der Waals surface area contributed by atoms with Gasteiger partial charge in [-0.25, -0.2) is 0 Å². The van der Waals surface area contributed by atoms with Crippen molar-refractivity contribution < 1.29 is 14.3 Å². The Morgan fingerprint density at radius 3 is 2.58 bits per heavy atom. The van der Waals surface area contributed by atoms with E-state index in [9.17, 15) is 9.59 Å². The maximum Gasteiger partial charge on any atom is 0.308 e. The van der Waals surface area contributed by atoms with Crippen LogP contribution in [-0.2, 0) is 27.4 Å². The highest BCUT2D eigenvalue weighted by Crippen LogP contribution is 2.04. The Kier molecular flexibility index (Phi) is 6.12. The molecule has 1 aromatic heterocycles. The molecule has 0 bridgehead atoms. The van der Waals surface area contributed by atoms with E-state index in [4.69, 9.17) is 4.74 Å². The Morgan fingerprint density at radius 1 is 1.25 bits per heavy atom. The van der Waals surface area contributed by atoms with E-state index in [1.807, 2.05) is 50.2 Å². The van der Waals surface area contributed by atoms with Crippen molar-refractivity contribution in [1.29, 1.82) is 0 Å². The second-order valence-corrected chi connectivity index (χ2v) is 5.74. The first kappa shape index (κ1) is 17.7. The van der Waals surface area contributed by atoms with Crippen molar-refractivity contribution in [2.24, 2.45) is 0 Å². The van der Waals surface area contributed by atoms with Crippen molar-refractivity contribution >= 4 is 11.9 Å². The van der Waals surface area contributed by atoms with Gasteiger partial charge in [0.25, 0.3) is 5.91 Å². The molecular weight excluding hydrogens is 306 g/mol. The summed E-state index contributed by atoms with van der Waals surface area (Å²) in [5, 5.41) is 7.05. The van der Waals surface area contributed by atoms with Crippen LogP contribution in [0.25, 0.3) is 0 Å². The zero-order chi connectivity index (χ0) is 17.5. The number of nitrogens with one attached hydrogen (secondary N) is 1. The lowest BCUT2D eigenvalue weighted by Gasteiger charge is -2.14. The molecule has 1 unspecified atom stereocenters. The van der Waals surface area contributed by atoms with Gasteiger partial charge in [0.15, 0.2) is 6.10 Å². The van der Waals surface area contributed by atoms with Crippen molar-refractivity contribution in [2.45, 2.75) is 46.4 Å². The van der Waals surface area contributed by atoms with Crippen LogP contribution in [0, 0.1) is 13.8 Å². The van der Waals surface area contributed by atoms with E-state index in [0.29, 0.717) is 13.1 Å². The van der Waals surface area contributed by atoms with Crippen LogP contribution in [0.4, 0.5) is 0 Å². The molecule has 0 aliphatic carbocycles. The summed E-state index contributed by atoms with van der Waals surface area (Å²) in [7, 11) is 0. The third-order valence-corrected chi connectivity index (χ3v) is 3.62. The lowest BCUT2D eigenvalue weighted by atomic mass is 10.2. The lowest BCUT2D eigenvalue weighted by Crippen LogP contribution is -2.35. The number of rotatable bonds is 7. The molecule has 0 radical (unpaired) electrons. The van der Waals surface area contributed by atoms with E-state index in [-0.39, 0.29) is 12.3 Å². The van der Waals surface area contributed by atoms with Gasteiger partial charge in [-0.05, 0) is 32.4 Å². The Morgan fingerprint density at radius 2 is 1.96 bits per heavy atom. The van der Waals surface area contributed by atoms with Gasteiger partial charge in [0.2, 0.25) is 0 Å². The Labute approximate surface area is 141 Å². The maximum atomic E-state index is 12.0. The first-order valence-corrected chi connectivity index (χ1v) is 7.98. The Bertz CT molecular complexity index is 695. The van der Waals surface area contributed by atoms with Crippen LogP contribution in [0.5, 0.6) is 0 Å². The minimum atomic E-state index is -0.818. The summed E-state index contributed by atoms with van der Waals surface area (Å²) in [6.07, 6.45) is -0.639. The number of carbonyl (C=O) groups is 2. The predicted octanol–water partition coefficient (Wildman–Crippen LogP) is 2.14. The standard InChI is InChI=1S/C18H23N3O3/c1-13-11-14(2)21(20-13)10-9-17(22)24-15(3)18(23)19-12-16-7-5-4-6-8-16/h4-8,11,15H,9-10,12H2,1-3H3,(H,19,23). The minimum absolute atomic E-state index is 0.179. The van der Waals surface area contributed by atoms with Gasteiger partial charge in [0.05, 0.1) is 18.7 Å². The highest BCUT2D eigenvalue weighted by atomic mass is 16.5. The van der Waals surface area contributed by atoms with Gasteiger partial charge < -0.3 is 10.1 Å². The number of amides is 1. The molecule has 1 heterocycles. The molecule has 1 aromatic carbocycles. The van der Waals surface area contributed by atoms with Gasteiger partial charge in [-0.3, -0.25) is 14.3 Å². The smallest absolute Gasteiger partial charge is 0.308 e. The van der Waals surface area contributed by atoms with Gasteiger partial charge in [-0.1, -0.05) is 30.3 Å². The van der Waals surface area contributed by atoms with E-state index < -0.39 is 12.1 Å². The average Bonchev–Trinajstić information content (AvgIpc) is 2.89. The van der Waals surface area contributed by atoms with E-state index in [1.54, 1.807) is 11.6 Å². The van der Waals surface area contributed by atoms with Gasteiger partial charge in [-0.15, -0.1) is 0 Å². The molecule has 2 aromatic rings. The van der Waals surface area contributed by atoms with Crippen LogP contribution in [0.2, 0.25) is 0 Å². The van der Waals surface area contributed by atoms with Crippen molar-refractivity contribution in [3.8, 4) is 0 Å². The zero-order valence-electron chi connectivity index (χ0n) is 14.3. The number of benzene rings is 1. The fourth-order valence-electron chi connectivity index (χ4n) is 2.34. The largest absolute Gasteiger partial charge is 0.452 e. The molecule has 2 rings (SSSR count). The molecular formula is C18H23N3O3. The number of esters is 1. The van der Waals surface area contributed by atoms with E-state index >= 15 is 0 Å². The normalized spacial score (nSPS) is 11.8. The quantitative estimate of drug-likeness (QED) is 0.790. The first-order chi connectivity index (χ1) is 11.5. The number of aromatic nitrogens is 2. The summed E-state index contributed by atoms with van der Waals surface area (Å²) in [5.74, 6) is -0.719. The van der Waals surface area contributed by atoms with Crippen molar-refractivity contribution in [2.75, 3.05) is 0 Å². The molecule has 0 spiro atoms. The first-order valence-electron chi connectivity index (χ1n) is 7.98. The fourth-order valence-corrected chi connectivity index (χ4v) is 2.34. The van der Waals surface area contributed by atoms with Crippen LogP contribution in [0.15, 0.2) is 36.4 Å². The molecule has 24 heavy (non-hydrogen) atoms. The number of hydrogen-bond acceptors (Lipinski definition) is 4. The van der Waals surface area contributed by atoms with E-state index in [2.05, 4.69) is 10.4 Å². The molecule has 0 aliphatic rings. The van der Waals surface area contributed by atoms with Gasteiger partial charge in [0, 0.05) is 12.2 Å². The molecule has 6 heteroatoms. The average molecular weight is 329 g/mol. The second-order valence-electron chi connectivity index (χ2n) is 5.74. The third-order valence-electron chi connectivity index (χ3n) is 3.62. The number of carbonyl (C=O) groups excluding carboxylic acids is 2. The van der Waals surface area contributed by atoms with Crippen molar-refractivity contribution in [3.63, 3.8) is 0 Å². The van der Waals surface area contributed by atoms with Gasteiger partial charge in [-0.2, -0.15) is 5.10 Å². The molecule has 0 fully saturated rings. The van der Waals surface area contributed by atoms with E-state index in [0.717, 1.165) is 17.0 Å². The summed E-state index contributed by atoms with van der Waals surface area (Å²) in [6, 6.07) is 11.5. The fraction of sp³-hybridized carbons (Fsp3) is 0.389. The van der Waals surface area contributed by atoms with Crippen LogP contribution >= 0.6 is 0 Å². The summed E-state index contributed by atoms with van der Waals surface area (Å²) in [6.45, 7) is 6.26. The van der Waals surface area contributed by atoms with Crippen LogP contribution < -0.4 is 5.32 Å². The molecule has 0 saturated heterocycles. The topological polar surface area (TPSA) is 73.2 Å². The molecule has 128 valence electrons. The van der Waals surface area contributed by atoms with Crippen molar-refractivity contribution in [1.82, 2.24) is 15.1 Å². The molecule has 0 aliphatic heterocycles. The summed E-state index contributed by atoms with van der Waals surface area (Å²) in [5.41, 5.74) is 2.90. The second kappa shape index (κ2) is 8.29. The monoisotopic (exact) mass is 329 g/mol. The number of hydrogen-bond donors (Lipinski definition) is 1. The lowest BCUT2D eigenvalue weighted by molar-refractivity contribution is -0.155. The van der Waals surface area contributed by atoms with E-state index in [1.165, 1.54) is 0 Å². The summed E-state index contributed by atoms with van der Waals surface area (Å²) >= 11 is 0. The van der Waals surface area contributed by atoms with Crippen LogP contribution in [-0.4, -0.2) is 27.8 Å². The summed E-state index contributed by atoms with van der Waals surface area (Å²) in [4.78, 5) is 23.9. The zero-order valence-corrected chi connectivity index (χ0v) is 14.3. The van der Waals surface area contributed by atoms with Crippen LogP contribution in [0.3, 0.4) is 0 Å². The molecule has 1 N–H and O–H groups in total. The molecule has 6 nitrogen and oxygen atoms in total. The molecule has 1 atom stereocenters.